The van der Waals surface area contributed by atoms with Crippen molar-refractivity contribution in [3.8, 4) is 0 Å². The summed E-state index contributed by atoms with van der Waals surface area (Å²) in [4.78, 5) is 11.2. The number of hydrogen-bond donors (Lipinski definition) is 3. The lowest BCUT2D eigenvalue weighted by atomic mass is 9.93. The smallest absolute Gasteiger partial charge is 0.323 e. The van der Waals surface area contributed by atoms with Crippen molar-refractivity contribution in [2.75, 3.05) is 13.1 Å². The van der Waals surface area contributed by atoms with Crippen LogP contribution < -0.4 is 11.1 Å². The lowest BCUT2D eigenvalue weighted by Gasteiger charge is -2.26. The molecule has 94 valence electrons. The normalized spacial score (nSPS) is 14.2. The highest BCUT2D eigenvalue weighted by Gasteiger charge is 2.31. The van der Waals surface area contributed by atoms with Crippen LogP contribution in [0.25, 0.3) is 0 Å². The molecule has 0 heterocycles. The maximum Gasteiger partial charge on any atom is 0.323 e. The van der Waals surface area contributed by atoms with Crippen molar-refractivity contribution in [1.82, 2.24) is 5.32 Å². The minimum absolute atomic E-state index is 0.439. The molecule has 0 spiro atoms. The van der Waals surface area contributed by atoms with E-state index in [-0.39, 0.29) is 0 Å². The highest BCUT2D eigenvalue weighted by molar-refractivity contribution is 5.78. The summed E-state index contributed by atoms with van der Waals surface area (Å²) in [6.45, 7) is 2.65. The molecule has 1 rings (SSSR count). The van der Waals surface area contributed by atoms with E-state index in [0.29, 0.717) is 19.5 Å². The Balaban J connectivity index is 2.58. The van der Waals surface area contributed by atoms with E-state index in [1.54, 1.807) is 6.92 Å². The van der Waals surface area contributed by atoms with Gasteiger partial charge in [0.15, 0.2) is 0 Å². The van der Waals surface area contributed by atoms with Gasteiger partial charge < -0.3 is 16.2 Å². The SMILES string of the molecule is CC(CCc1ccccc1)(NCCN)C(=O)O. The molecule has 1 aromatic rings. The van der Waals surface area contributed by atoms with Crippen LogP contribution >= 0.6 is 0 Å². The number of hydrogen-bond acceptors (Lipinski definition) is 3. The third kappa shape index (κ3) is 4.17. The van der Waals surface area contributed by atoms with Crippen molar-refractivity contribution >= 4 is 5.97 Å². The van der Waals surface area contributed by atoms with Gasteiger partial charge in [-0.25, -0.2) is 0 Å². The first-order valence-electron chi connectivity index (χ1n) is 5.81. The molecule has 4 nitrogen and oxygen atoms in total. The lowest BCUT2D eigenvalue weighted by Crippen LogP contribution is -2.51. The molecule has 0 saturated carbocycles. The minimum atomic E-state index is -0.908. The molecule has 0 aromatic heterocycles. The predicted octanol–water partition coefficient (Wildman–Crippen LogP) is 1.01. The van der Waals surface area contributed by atoms with Crippen LogP contribution in [0.3, 0.4) is 0 Å². The molecule has 1 unspecified atom stereocenters. The second-order valence-corrected chi connectivity index (χ2v) is 4.34. The summed E-state index contributed by atoms with van der Waals surface area (Å²) in [5.41, 5.74) is 5.63. The number of nitrogens with two attached hydrogens (primary N) is 1. The molecule has 0 aliphatic heterocycles. The van der Waals surface area contributed by atoms with E-state index in [9.17, 15) is 9.90 Å². The maximum absolute atomic E-state index is 11.2. The van der Waals surface area contributed by atoms with Gasteiger partial charge in [-0.15, -0.1) is 0 Å². The van der Waals surface area contributed by atoms with E-state index in [0.717, 1.165) is 12.0 Å². The molecule has 4 N–H and O–H groups in total. The van der Waals surface area contributed by atoms with E-state index >= 15 is 0 Å². The van der Waals surface area contributed by atoms with Gasteiger partial charge in [-0.3, -0.25) is 4.79 Å². The van der Waals surface area contributed by atoms with E-state index in [2.05, 4.69) is 5.32 Å². The molecule has 0 saturated heterocycles. The van der Waals surface area contributed by atoms with Crippen LogP contribution in [0.4, 0.5) is 0 Å². The second-order valence-electron chi connectivity index (χ2n) is 4.34. The number of carbonyl (C=O) groups is 1. The lowest BCUT2D eigenvalue weighted by molar-refractivity contribution is -0.144. The second kappa shape index (κ2) is 6.37. The molecule has 17 heavy (non-hydrogen) atoms. The van der Waals surface area contributed by atoms with E-state index < -0.39 is 11.5 Å². The van der Waals surface area contributed by atoms with Crippen molar-refractivity contribution in [2.24, 2.45) is 5.73 Å². The average molecular weight is 236 g/mol. The molecular formula is C13H20N2O2. The van der Waals surface area contributed by atoms with Crippen LogP contribution in [0, 0.1) is 0 Å². The zero-order valence-electron chi connectivity index (χ0n) is 10.1. The van der Waals surface area contributed by atoms with Gasteiger partial charge in [0.25, 0.3) is 0 Å². The Kier molecular flexibility index (Phi) is 5.12. The van der Waals surface area contributed by atoms with Crippen molar-refractivity contribution in [3.05, 3.63) is 35.9 Å². The number of aryl methyl sites for hydroxylation is 1. The first kappa shape index (κ1) is 13.7. The summed E-state index contributed by atoms with van der Waals surface area (Å²) >= 11 is 0. The fourth-order valence-electron chi connectivity index (χ4n) is 1.66. The first-order chi connectivity index (χ1) is 8.08. The molecule has 0 aliphatic carbocycles. The zero-order valence-corrected chi connectivity index (χ0v) is 10.1. The molecule has 1 atom stereocenters. The van der Waals surface area contributed by atoms with Crippen LogP contribution in [0.2, 0.25) is 0 Å². The zero-order chi connectivity index (χ0) is 12.7. The van der Waals surface area contributed by atoms with Crippen molar-refractivity contribution in [1.29, 1.82) is 0 Å². The van der Waals surface area contributed by atoms with Gasteiger partial charge in [-0.1, -0.05) is 30.3 Å². The van der Waals surface area contributed by atoms with Gasteiger partial charge in [0.1, 0.15) is 5.54 Å². The highest BCUT2D eigenvalue weighted by atomic mass is 16.4. The van der Waals surface area contributed by atoms with E-state index in [4.69, 9.17) is 5.73 Å². The molecule has 4 heteroatoms. The molecule has 0 bridgehead atoms. The fraction of sp³-hybridized carbons (Fsp3) is 0.462. The quantitative estimate of drug-likeness (QED) is 0.660. The average Bonchev–Trinajstić information content (AvgIpc) is 2.35. The van der Waals surface area contributed by atoms with Gasteiger partial charge in [0.05, 0.1) is 0 Å². The maximum atomic E-state index is 11.2. The molecular weight excluding hydrogens is 216 g/mol. The Hall–Kier alpha value is -1.39. The van der Waals surface area contributed by atoms with Gasteiger partial charge in [0, 0.05) is 13.1 Å². The Morgan fingerprint density at radius 1 is 1.41 bits per heavy atom. The summed E-state index contributed by atoms with van der Waals surface area (Å²) in [6, 6.07) is 9.88. The van der Waals surface area contributed by atoms with E-state index in [1.165, 1.54) is 0 Å². The number of benzene rings is 1. The molecule has 0 radical (unpaired) electrons. The number of aliphatic carboxylic acids is 1. The fourth-order valence-corrected chi connectivity index (χ4v) is 1.66. The number of carboxylic acid groups (broad SMARTS) is 1. The number of nitrogens with one attached hydrogen (secondary N) is 1. The van der Waals surface area contributed by atoms with Crippen molar-refractivity contribution in [2.45, 2.75) is 25.3 Å². The molecule has 1 aromatic carbocycles. The summed E-state index contributed by atoms with van der Waals surface area (Å²) in [5, 5.41) is 12.2. The predicted molar refractivity (Wildman–Crippen MR) is 67.9 cm³/mol. The van der Waals surface area contributed by atoms with Crippen LogP contribution in [0.15, 0.2) is 30.3 Å². The first-order valence-corrected chi connectivity index (χ1v) is 5.81. The summed E-state index contributed by atoms with van der Waals surface area (Å²) in [7, 11) is 0. The third-order valence-corrected chi connectivity index (χ3v) is 2.89. The number of carboxylic acids is 1. The van der Waals surface area contributed by atoms with Crippen molar-refractivity contribution in [3.63, 3.8) is 0 Å². The van der Waals surface area contributed by atoms with Crippen LogP contribution in [-0.4, -0.2) is 29.7 Å². The van der Waals surface area contributed by atoms with Gasteiger partial charge in [0.2, 0.25) is 0 Å². The molecule has 0 amide bonds. The monoisotopic (exact) mass is 236 g/mol. The van der Waals surface area contributed by atoms with Crippen LogP contribution in [0.1, 0.15) is 18.9 Å². The Morgan fingerprint density at radius 3 is 2.59 bits per heavy atom. The van der Waals surface area contributed by atoms with Crippen molar-refractivity contribution < 1.29 is 9.90 Å². The summed E-state index contributed by atoms with van der Waals surface area (Å²) < 4.78 is 0. The Bertz CT molecular complexity index is 354. The molecule has 0 aliphatic rings. The summed E-state index contributed by atoms with van der Waals surface area (Å²) in [5.74, 6) is -0.832. The largest absolute Gasteiger partial charge is 0.480 e. The number of rotatable bonds is 7. The molecule has 0 fully saturated rings. The van der Waals surface area contributed by atoms with Crippen LogP contribution in [-0.2, 0) is 11.2 Å². The highest BCUT2D eigenvalue weighted by Crippen LogP contribution is 2.14. The topological polar surface area (TPSA) is 75.3 Å². The van der Waals surface area contributed by atoms with Gasteiger partial charge in [-0.05, 0) is 25.3 Å². The minimum Gasteiger partial charge on any atom is -0.480 e. The Labute approximate surface area is 102 Å². The van der Waals surface area contributed by atoms with E-state index in [1.807, 2.05) is 30.3 Å². The van der Waals surface area contributed by atoms with Gasteiger partial charge >= 0.3 is 5.97 Å². The standard InChI is InChI=1S/C13H20N2O2/c1-13(12(16)17,15-10-9-14)8-7-11-5-3-2-4-6-11/h2-6,15H,7-10,14H2,1H3,(H,16,17). The van der Waals surface area contributed by atoms with Gasteiger partial charge in [-0.2, -0.15) is 0 Å². The third-order valence-electron chi connectivity index (χ3n) is 2.89. The Morgan fingerprint density at radius 2 is 2.06 bits per heavy atom. The van der Waals surface area contributed by atoms with Crippen LogP contribution in [0.5, 0.6) is 0 Å². The summed E-state index contributed by atoms with van der Waals surface area (Å²) in [6.07, 6.45) is 1.29.